The van der Waals surface area contributed by atoms with Gasteiger partial charge in [0.05, 0.1) is 0 Å². The standard InChI is InChI=1S/C28H54NO2/c1-13-25(7,8)22(31-15-3)18-19-27(11,14-2)26(9,10)28(12,21-24(4,5)6)29-20-16-17-23(29)30/h15,22H,13-14,16-21H2,1-12H3/q-1. The molecular formula is C28H54NO2-. The number of hydrogen-bond donors (Lipinski definition) is 0. The Bertz CT molecular complexity index is 588. The lowest BCUT2D eigenvalue weighted by molar-refractivity contribution is -0.150. The van der Waals surface area contributed by atoms with Gasteiger partial charge in [-0.3, -0.25) is 4.79 Å². The molecule has 1 rings (SSSR count). The van der Waals surface area contributed by atoms with Crippen LogP contribution in [0.5, 0.6) is 0 Å². The van der Waals surface area contributed by atoms with Gasteiger partial charge in [-0.1, -0.05) is 75.7 Å². The second-order valence-electron chi connectivity index (χ2n) is 12.9. The third-order valence-corrected chi connectivity index (χ3v) is 9.22. The van der Waals surface area contributed by atoms with E-state index in [9.17, 15) is 4.79 Å². The van der Waals surface area contributed by atoms with Gasteiger partial charge in [0.25, 0.3) is 0 Å². The van der Waals surface area contributed by atoms with Gasteiger partial charge in [-0.15, -0.1) is 0 Å². The van der Waals surface area contributed by atoms with Crippen LogP contribution in [0.3, 0.4) is 0 Å². The summed E-state index contributed by atoms with van der Waals surface area (Å²) in [4.78, 5) is 15.2. The third kappa shape index (κ3) is 6.06. The molecule has 1 aliphatic rings. The Morgan fingerprint density at radius 2 is 1.58 bits per heavy atom. The predicted octanol–water partition coefficient (Wildman–Crippen LogP) is 8.03. The van der Waals surface area contributed by atoms with E-state index in [2.05, 4.69) is 81.1 Å². The van der Waals surface area contributed by atoms with Crippen LogP contribution in [0.4, 0.5) is 0 Å². The highest BCUT2D eigenvalue weighted by Gasteiger charge is 2.57. The second kappa shape index (κ2) is 10.1. The maximum atomic E-state index is 13.0. The number of nitrogens with zero attached hydrogens (tertiary/aromatic N) is 1. The molecule has 1 amide bonds. The molecule has 0 spiro atoms. The van der Waals surface area contributed by atoms with Crippen molar-refractivity contribution in [2.24, 2.45) is 21.7 Å². The molecular weight excluding hydrogens is 382 g/mol. The Morgan fingerprint density at radius 1 is 1.00 bits per heavy atom. The number of carbonyl (C=O) groups is 1. The highest BCUT2D eigenvalue weighted by Crippen LogP contribution is 2.57. The van der Waals surface area contributed by atoms with Crippen LogP contribution in [0.2, 0.25) is 0 Å². The first-order valence-corrected chi connectivity index (χ1v) is 12.7. The molecule has 3 unspecified atom stereocenters. The lowest BCUT2D eigenvalue weighted by Crippen LogP contribution is -2.63. The van der Waals surface area contributed by atoms with Crippen molar-refractivity contribution in [3.05, 3.63) is 6.61 Å². The molecule has 0 radical (unpaired) electrons. The maximum absolute atomic E-state index is 13.0. The van der Waals surface area contributed by atoms with E-state index in [4.69, 9.17) is 4.74 Å². The van der Waals surface area contributed by atoms with E-state index >= 15 is 0 Å². The van der Waals surface area contributed by atoms with Crippen molar-refractivity contribution in [1.29, 1.82) is 0 Å². The molecule has 1 fully saturated rings. The van der Waals surface area contributed by atoms with E-state index in [0.717, 1.165) is 45.1 Å². The number of ether oxygens (including phenoxy) is 1. The molecule has 31 heavy (non-hydrogen) atoms. The van der Waals surface area contributed by atoms with E-state index in [1.165, 1.54) is 0 Å². The minimum Gasteiger partial charge on any atom is -0.549 e. The summed E-state index contributed by atoms with van der Waals surface area (Å²) < 4.78 is 6.14. The zero-order chi connectivity index (χ0) is 24.3. The van der Waals surface area contributed by atoms with Crippen molar-refractivity contribution in [1.82, 2.24) is 4.90 Å². The highest BCUT2D eigenvalue weighted by molar-refractivity contribution is 5.79. The Hall–Kier alpha value is -0.570. The molecule has 0 aliphatic carbocycles. The average molecular weight is 437 g/mol. The van der Waals surface area contributed by atoms with E-state index in [0.29, 0.717) is 12.3 Å². The van der Waals surface area contributed by atoms with Crippen molar-refractivity contribution < 1.29 is 9.53 Å². The van der Waals surface area contributed by atoms with Gasteiger partial charge in [-0.05, 0) is 60.7 Å². The lowest BCUT2D eigenvalue weighted by atomic mass is 9.51. The van der Waals surface area contributed by atoms with Crippen LogP contribution in [0.15, 0.2) is 0 Å². The Kier molecular flexibility index (Phi) is 9.31. The molecule has 1 aliphatic heterocycles. The fourth-order valence-corrected chi connectivity index (χ4v) is 5.92. The van der Waals surface area contributed by atoms with Crippen LogP contribution < -0.4 is 0 Å². The van der Waals surface area contributed by atoms with E-state index in [-0.39, 0.29) is 33.3 Å². The largest absolute Gasteiger partial charge is 0.549 e. The summed E-state index contributed by atoms with van der Waals surface area (Å²) in [5, 5.41) is 0. The van der Waals surface area contributed by atoms with Crippen molar-refractivity contribution in [2.45, 2.75) is 140 Å². The van der Waals surface area contributed by atoms with Crippen LogP contribution >= 0.6 is 0 Å². The molecule has 3 atom stereocenters. The first-order valence-electron chi connectivity index (χ1n) is 12.7. The van der Waals surface area contributed by atoms with Crippen molar-refractivity contribution in [3.63, 3.8) is 0 Å². The van der Waals surface area contributed by atoms with E-state index < -0.39 is 0 Å². The van der Waals surface area contributed by atoms with Crippen LogP contribution in [0.25, 0.3) is 0 Å². The fraction of sp³-hybridized carbons (Fsp3) is 0.929. The Morgan fingerprint density at radius 3 is 1.97 bits per heavy atom. The molecule has 3 heteroatoms. The van der Waals surface area contributed by atoms with Crippen LogP contribution in [0, 0.1) is 28.3 Å². The molecule has 0 aromatic rings. The smallest absolute Gasteiger partial charge is 0.223 e. The van der Waals surface area contributed by atoms with Gasteiger partial charge in [-0.2, -0.15) is 6.92 Å². The van der Waals surface area contributed by atoms with Crippen molar-refractivity contribution in [2.75, 3.05) is 6.54 Å². The number of amides is 1. The van der Waals surface area contributed by atoms with Crippen molar-refractivity contribution >= 4 is 5.91 Å². The van der Waals surface area contributed by atoms with Crippen molar-refractivity contribution in [3.8, 4) is 0 Å². The molecule has 0 N–H and O–H groups in total. The number of rotatable bonds is 12. The highest BCUT2D eigenvalue weighted by atomic mass is 16.5. The maximum Gasteiger partial charge on any atom is 0.223 e. The number of carbonyl (C=O) groups excluding carboxylic acids is 1. The second-order valence-corrected chi connectivity index (χ2v) is 12.9. The zero-order valence-corrected chi connectivity index (χ0v) is 23.1. The average Bonchev–Trinajstić information content (AvgIpc) is 3.09. The predicted molar refractivity (Wildman–Crippen MR) is 134 cm³/mol. The SMILES string of the molecule is C[CH-]OC(CCC(C)(CC)C(C)(C)C(C)(CC(C)(C)C)N1CCCC1=O)C(C)(C)CC. The number of hydrogen-bond acceptors (Lipinski definition) is 2. The molecule has 3 nitrogen and oxygen atoms in total. The van der Waals surface area contributed by atoms with Gasteiger partial charge < -0.3 is 9.64 Å². The summed E-state index contributed by atoms with van der Waals surface area (Å²) in [6.07, 6.45) is 7.25. The summed E-state index contributed by atoms with van der Waals surface area (Å²) in [6.45, 7) is 30.6. The quantitative estimate of drug-likeness (QED) is 0.290. The van der Waals surface area contributed by atoms with E-state index in [1.807, 2.05) is 13.5 Å². The van der Waals surface area contributed by atoms with Crippen LogP contribution in [0.1, 0.15) is 128 Å². The van der Waals surface area contributed by atoms with Crippen LogP contribution in [-0.4, -0.2) is 29.0 Å². The number of likely N-dealkylation sites (tertiary alicyclic amines) is 1. The van der Waals surface area contributed by atoms with Gasteiger partial charge in [0.15, 0.2) is 0 Å². The molecule has 0 aromatic heterocycles. The third-order valence-electron chi connectivity index (χ3n) is 9.22. The first kappa shape index (κ1) is 28.5. The van der Waals surface area contributed by atoms with Gasteiger partial charge in [0.1, 0.15) is 0 Å². The van der Waals surface area contributed by atoms with Gasteiger partial charge in [0, 0.05) is 24.6 Å². The summed E-state index contributed by atoms with van der Waals surface area (Å²) in [7, 11) is 0. The summed E-state index contributed by atoms with van der Waals surface area (Å²) in [6, 6.07) is 0. The fourth-order valence-electron chi connectivity index (χ4n) is 5.92. The van der Waals surface area contributed by atoms with Crippen LogP contribution in [-0.2, 0) is 9.53 Å². The minimum atomic E-state index is -0.183. The monoisotopic (exact) mass is 436 g/mol. The molecule has 184 valence electrons. The molecule has 1 heterocycles. The summed E-state index contributed by atoms with van der Waals surface area (Å²) >= 11 is 0. The van der Waals surface area contributed by atoms with Gasteiger partial charge in [-0.25, -0.2) is 6.61 Å². The Labute approximate surface area is 195 Å². The topological polar surface area (TPSA) is 29.5 Å². The summed E-state index contributed by atoms with van der Waals surface area (Å²) in [5.74, 6) is 0.340. The summed E-state index contributed by atoms with van der Waals surface area (Å²) in [5.41, 5.74) is 0.159. The Balaban J connectivity index is 3.34. The molecule has 1 saturated heterocycles. The van der Waals surface area contributed by atoms with Gasteiger partial charge in [0.2, 0.25) is 5.91 Å². The minimum absolute atomic E-state index is 0.0428. The normalized spacial score (nSPS) is 21.2. The molecule has 0 aromatic carbocycles. The molecule has 0 bridgehead atoms. The van der Waals surface area contributed by atoms with Gasteiger partial charge >= 0.3 is 0 Å². The van der Waals surface area contributed by atoms with E-state index in [1.54, 1.807) is 0 Å². The molecule has 0 saturated carbocycles. The first-order chi connectivity index (χ1) is 14.0. The lowest BCUT2D eigenvalue weighted by Gasteiger charge is -2.60. The zero-order valence-electron chi connectivity index (χ0n) is 23.1.